The number of hydrogen-bond donors (Lipinski definition) is 0. The van der Waals surface area contributed by atoms with E-state index in [1.807, 2.05) is 61.7 Å². The van der Waals surface area contributed by atoms with Gasteiger partial charge in [0, 0.05) is 27.8 Å². The van der Waals surface area contributed by atoms with Crippen LogP contribution in [0.3, 0.4) is 0 Å². The molecule has 7 heteroatoms. The molecular weight excluding hydrogens is 404 g/mol. The molecule has 0 radical (unpaired) electrons. The highest BCUT2D eigenvalue weighted by molar-refractivity contribution is 7.98. The van der Waals surface area contributed by atoms with Crippen molar-refractivity contribution in [1.29, 1.82) is 0 Å². The van der Waals surface area contributed by atoms with Crippen molar-refractivity contribution in [2.24, 2.45) is 0 Å². The number of hydrogen-bond acceptors (Lipinski definition) is 6. The maximum Gasteiger partial charge on any atom is 0.339 e. The predicted octanol–water partition coefficient (Wildman–Crippen LogP) is 5.03. The summed E-state index contributed by atoms with van der Waals surface area (Å²) in [6.07, 6.45) is 0. The van der Waals surface area contributed by atoms with Gasteiger partial charge in [-0.2, -0.15) is 0 Å². The number of carbonyl (C=O) groups excluding carboxylic acids is 2. The standard InChI is InChI=1S/C22H22N2O3S2/c1-16(2)24(18-8-4-3-5-9-18)21(25)12-27-22(26)19-10-6-7-11-20(19)29-14-17-13-28-15-23-17/h3-11,13,15-16H,12,14H2,1-2H3. The first kappa shape index (κ1) is 21.1. The monoisotopic (exact) mass is 426 g/mol. The average molecular weight is 427 g/mol. The van der Waals surface area contributed by atoms with Gasteiger partial charge in [-0.3, -0.25) is 4.79 Å². The Bertz CT molecular complexity index is 944. The number of para-hydroxylation sites is 1. The van der Waals surface area contributed by atoms with Gasteiger partial charge in [0.25, 0.3) is 5.91 Å². The summed E-state index contributed by atoms with van der Waals surface area (Å²) in [5.74, 6) is -0.0920. The second-order valence-corrected chi connectivity index (χ2v) is 8.27. The fourth-order valence-corrected chi connectivity index (χ4v) is 4.42. The topological polar surface area (TPSA) is 59.5 Å². The van der Waals surface area contributed by atoms with Crippen LogP contribution in [0.5, 0.6) is 0 Å². The van der Waals surface area contributed by atoms with Crippen LogP contribution in [0.2, 0.25) is 0 Å². The third kappa shape index (κ3) is 5.68. The number of anilines is 1. The summed E-state index contributed by atoms with van der Waals surface area (Å²) in [6.45, 7) is 3.55. The number of amides is 1. The number of carbonyl (C=O) groups is 2. The lowest BCUT2D eigenvalue weighted by Gasteiger charge is -2.26. The van der Waals surface area contributed by atoms with E-state index in [1.54, 1.807) is 33.9 Å². The second-order valence-electron chi connectivity index (χ2n) is 6.53. The molecule has 3 rings (SSSR count). The van der Waals surface area contributed by atoms with Gasteiger partial charge in [0.2, 0.25) is 0 Å². The van der Waals surface area contributed by atoms with Crippen LogP contribution in [-0.4, -0.2) is 29.5 Å². The van der Waals surface area contributed by atoms with Crippen LogP contribution < -0.4 is 4.90 Å². The van der Waals surface area contributed by atoms with Crippen molar-refractivity contribution in [3.63, 3.8) is 0 Å². The van der Waals surface area contributed by atoms with E-state index in [0.29, 0.717) is 11.3 Å². The minimum Gasteiger partial charge on any atom is -0.452 e. The summed E-state index contributed by atoms with van der Waals surface area (Å²) in [7, 11) is 0. The number of rotatable bonds is 8. The van der Waals surface area contributed by atoms with Crippen LogP contribution in [0.25, 0.3) is 0 Å². The van der Waals surface area contributed by atoms with Gasteiger partial charge in [-0.25, -0.2) is 9.78 Å². The molecule has 2 aromatic carbocycles. The summed E-state index contributed by atoms with van der Waals surface area (Å²) in [6, 6.07) is 16.6. The van der Waals surface area contributed by atoms with E-state index >= 15 is 0 Å². The highest BCUT2D eigenvalue weighted by atomic mass is 32.2. The van der Waals surface area contributed by atoms with Crippen molar-refractivity contribution in [3.05, 3.63) is 76.7 Å². The average Bonchev–Trinajstić information content (AvgIpc) is 3.25. The molecule has 0 aliphatic carbocycles. The second kappa shape index (κ2) is 10.2. The molecule has 0 fully saturated rings. The highest BCUT2D eigenvalue weighted by Gasteiger charge is 2.21. The fourth-order valence-electron chi connectivity index (χ4n) is 2.81. The quantitative estimate of drug-likeness (QED) is 0.373. The molecule has 5 nitrogen and oxygen atoms in total. The minimum atomic E-state index is -0.503. The van der Waals surface area contributed by atoms with E-state index in [4.69, 9.17) is 4.74 Å². The van der Waals surface area contributed by atoms with Crippen molar-refractivity contribution in [2.45, 2.75) is 30.5 Å². The summed E-state index contributed by atoms with van der Waals surface area (Å²) < 4.78 is 5.36. The molecule has 1 aromatic heterocycles. The summed E-state index contributed by atoms with van der Waals surface area (Å²) in [4.78, 5) is 32.1. The molecule has 29 heavy (non-hydrogen) atoms. The molecule has 0 spiro atoms. The molecule has 0 aliphatic rings. The lowest BCUT2D eigenvalue weighted by Crippen LogP contribution is -2.39. The van der Waals surface area contributed by atoms with Crippen LogP contribution in [-0.2, 0) is 15.3 Å². The summed E-state index contributed by atoms with van der Waals surface area (Å²) in [5, 5.41) is 1.98. The minimum absolute atomic E-state index is 0.0513. The molecule has 0 saturated heterocycles. The molecule has 0 bridgehead atoms. The van der Waals surface area contributed by atoms with Crippen molar-refractivity contribution >= 4 is 40.7 Å². The van der Waals surface area contributed by atoms with Crippen molar-refractivity contribution in [1.82, 2.24) is 4.98 Å². The van der Waals surface area contributed by atoms with Gasteiger partial charge in [0.1, 0.15) is 0 Å². The smallest absolute Gasteiger partial charge is 0.339 e. The number of thioether (sulfide) groups is 1. The normalized spacial score (nSPS) is 10.7. The summed E-state index contributed by atoms with van der Waals surface area (Å²) in [5.41, 5.74) is 3.99. The Kier molecular flexibility index (Phi) is 7.43. The third-order valence-electron chi connectivity index (χ3n) is 4.11. The number of aromatic nitrogens is 1. The van der Waals surface area contributed by atoms with E-state index < -0.39 is 5.97 Å². The van der Waals surface area contributed by atoms with E-state index in [2.05, 4.69) is 4.98 Å². The lowest BCUT2D eigenvalue weighted by atomic mass is 10.2. The maximum atomic E-state index is 12.7. The molecule has 0 unspecified atom stereocenters. The molecule has 3 aromatic rings. The first-order valence-corrected chi connectivity index (χ1v) is 11.1. The van der Waals surface area contributed by atoms with Crippen LogP contribution in [0.4, 0.5) is 5.69 Å². The zero-order valence-electron chi connectivity index (χ0n) is 16.3. The van der Waals surface area contributed by atoms with E-state index in [1.165, 1.54) is 11.8 Å². The number of ether oxygens (including phenoxy) is 1. The van der Waals surface area contributed by atoms with Gasteiger partial charge < -0.3 is 9.64 Å². The Morgan fingerprint density at radius 2 is 1.83 bits per heavy atom. The molecule has 150 valence electrons. The zero-order valence-corrected chi connectivity index (χ0v) is 17.9. The number of thiazole rings is 1. The molecule has 0 N–H and O–H groups in total. The maximum absolute atomic E-state index is 12.7. The molecule has 1 amide bonds. The zero-order chi connectivity index (χ0) is 20.6. The molecule has 0 aliphatic heterocycles. The Morgan fingerprint density at radius 1 is 1.10 bits per heavy atom. The molecular formula is C22H22N2O3S2. The van der Waals surface area contributed by atoms with E-state index in [0.717, 1.165) is 16.3 Å². The molecule has 0 saturated carbocycles. The van der Waals surface area contributed by atoms with Crippen LogP contribution >= 0.6 is 23.1 Å². The highest BCUT2D eigenvalue weighted by Crippen LogP contribution is 2.27. The number of esters is 1. The van der Waals surface area contributed by atoms with Gasteiger partial charge >= 0.3 is 5.97 Å². The van der Waals surface area contributed by atoms with Gasteiger partial charge in [-0.05, 0) is 38.1 Å². The van der Waals surface area contributed by atoms with Gasteiger partial charge in [0.15, 0.2) is 6.61 Å². The Balaban J connectivity index is 1.65. The van der Waals surface area contributed by atoms with Crippen LogP contribution in [0, 0.1) is 0 Å². The Morgan fingerprint density at radius 3 is 2.52 bits per heavy atom. The summed E-state index contributed by atoms with van der Waals surface area (Å²) >= 11 is 3.06. The SMILES string of the molecule is CC(C)N(C(=O)COC(=O)c1ccccc1SCc1cscn1)c1ccccc1. The van der Waals surface area contributed by atoms with E-state index in [-0.39, 0.29) is 18.6 Å². The number of nitrogens with zero attached hydrogens (tertiary/aromatic N) is 2. The van der Waals surface area contributed by atoms with E-state index in [9.17, 15) is 9.59 Å². The molecule has 0 atom stereocenters. The van der Waals surface area contributed by atoms with Gasteiger partial charge in [-0.15, -0.1) is 23.1 Å². The first-order chi connectivity index (χ1) is 14.1. The number of benzene rings is 2. The first-order valence-electron chi connectivity index (χ1n) is 9.19. The Labute approximate surface area is 178 Å². The van der Waals surface area contributed by atoms with Crippen molar-refractivity contribution in [2.75, 3.05) is 11.5 Å². The predicted molar refractivity (Wildman–Crippen MR) is 117 cm³/mol. The van der Waals surface area contributed by atoms with Crippen molar-refractivity contribution in [3.8, 4) is 0 Å². The van der Waals surface area contributed by atoms with Gasteiger partial charge in [-0.1, -0.05) is 30.3 Å². The Hall–Kier alpha value is -2.64. The van der Waals surface area contributed by atoms with Crippen LogP contribution in [0.1, 0.15) is 29.9 Å². The largest absolute Gasteiger partial charge is 0.452 e. The van der Waals surface area contributed by atoms with Gasteiger partial charge in [0.05, 0.1) is 16.8 Å². The third-order valence-corrected chi connectivity index (χ3v) is 5.85. The lowest BCUT2D eigenvalue weighted by molar-refractivity contribution is -0.122. The molecule has 1 heterocycles. The fraction of sp³-hybridized carbons (Fsp3) is 0.227. The van der Waals surface area contributed by atoms with Crippen LogP contribution in [0.15, 0.2) is 70.4 Å². The van der Waals surface area contributed by atoms with Crippen molar-refractivity contribution < 1.29 is 14.3 Å².